The summed E-state index contributed by atoms with van der Waals surface area (Å²) in [5, 5.41) is 10.2. The van der Waals surface area contributed by atoms with Crippen molar-refractivity contribution in [1.29, 1.82) is 5.26 Å². The van der Waals surface area contributed by atoms with Gasteiger partial charge in [-0.05, 0) is 35.9 Å². The van der Waals surface area contributed by atoms with Crippen LogP contribution in [0.3, 0.4) is 0 Å². The van der Waals surface area contributed by atoms with Crippen molar-refractivity contribution in [1.82, 2.24) is 15.0 Å². The van der Waals surface area contributed by atoms with Gasteiger partial charge in [0, 0.05) is 43.4 Å². The van der Waals surface area contributed by atoms with Gasteiger partial charge in [0.1, 0.15) is 23.7 Å². The summed E-state index contributed by atoms with van der Waals surface area (Å²) in [5.74, 6) is 1.26. The molecule has 2 aromatic heterocycles. The minimum absolute atomic E-state index is 0.0821. The Labute approximate surface area is 174 Å². The lowest BCUT2D eigenvalue weighted by Gasteiger charge is -2.23. The summed E-state index contributed by atoms with van der Waals surface area (Å²) in [6.45, 7) is 1.38. The first-order valence-electron chi connectivity index (χ1n) is 9.41. The first-order valence-corrected chi connectivity index (χ1v) is 9.79. The smallest absolute Gasteiger partial charge is 0.137 e. The molecule has 1 fully saturated rings. The first kappa shape index (κ1) is 19.3. The molecule has 0 aliphatic carbocycles. The second-order valence-electron chi connectivity index (χ2n) is 6.80. The van der Waals surface area contributed by atoms with Crippen LogP contribution < -0.4 is 4.74 Å². The molecule has 146 valence electrons. The van der Waals surface area contributed by atoms with E-state index in [1.807, 2.05) is 30.3 Å². The lowest BCUT2D eigenvalue weighted by atomic mass is 10.1. The summed E-state index contributed by atoms with van der Waals surface area (Å²) >= 11 is 6.00. The Morgan fingerprint density at radius 2 is 2.03 bits per heavy atom. The number of hydrogen-bond acceptors (Lipinski definition) is 6. The molecule has 0 atom stereocenters. The van der Waals surface area contributed by atoms with Crippen LogP contribution in [0.2, 0.25) is 5.02 Å². The molecule has 6 nitrogen and oxygen atoms in total. The highest BCUT2D eigenvalue weighted by molar-refractivity contribution is 6.30. The van der Waals surface area contributed by atoms with Gasteiger partial charge in [0.05, 0.1) is 29.5 Å². The van der Waals surface area contributed by atoms with E-state index < -0.39 is 0 Å². The third-order valence-corrected chi connectivity index (χ3v) is 4.89. The molecule has 7 heteroatoms. The fourth-order valence-electron chi connectivity index (χ4n) is 3.23. The summed E-state index contributed by atoms with van der Waals surface area (Å²) < 4.78 is 11.4. The molecule has 1 aliphatic heterocycles. The van der Waals surface area contributed by atoms with Crippen LogP contribution in [0.4, 0.5) is 0 Å². The Balaban J connectivity index is 1.55. The molecule has 0 radical (unpaired) electrons. The zero-order chi connectivity index (χ0) is 20.1. The van der Waals surface area contributed by atoms with E-state index in [1.54, 1.807) is 18.6 Å². The van der Waals surface area contributed by atoms with Crippen molar-refractivity contribution in [2.45, 2.75) is 25.4 Å². The number of pyridine rings is 1. The summed E-state index contributed by atoms with van der Waals surface area (Å²) in [4.78, 5) is 13.1. The summed E-state index contributed by atoms with van der Waals surface area (Å²) in [5.41, 5.74) is 3.02. The maximum absolute atomic E-state index is 9.59. The predicted octanol–water partition coefficient (Wildman–Crippen LogP) is 4.21. The molecule has 0 amide bonds. The van der Waals surface area contributed by atoms with Crippen LogP contribution in [0.25, 0.3) is 11.3 Å². The van der Waals surface area contributed by atoms with Gasteiger partial charge in [-0.3, -0.25) is 4.98 Å². The highest BCUT2D eigenvalue weighted by Gasteiger charge is 2.17. The van der Waals surface area contributed by atoms with E-state index in [4.69, 9.17) is 21.1 Å². The van der Waals surface area contributed by atoms with E-state index in [1.165, 1.54) is 0 Å². The molecule has 0 bridgehead atoms. The Hall–Kier alpha value is -3.01. The fraction of sp³-hybridized carbons (Fsp3) is 0.273. The number of ether oxygens (including phenoxy) is 2. The number of nitrogens with zero attached hydrogens (tertiary/aromatic N) is 4. The molecular formula is C22H19ClN4O2. The van der Waals surface area contributed by atoms with Crippen molar-refractivity contribution in [3.63, 3.8) is 0 Å². The highest BCUT2D eigenvalue weighted by atomic mass is 35.5. The topological polar surface area (TPSA) is 80.9 Å². The Morgan fingerprint density at radius 3 is 2.83 bits per heavy atom. The molecule has 3 heterocycles. The van der Waals surface area contributed by atoms with Crippen LogP contribution in [0.15, 0.2) is 48.9 Å². The third-order valence-electron chi connectivity index (χ3n) is 4.69. The molecule has 1 aliphatic rings. The molecule has 0 N–H and O–H groups in total. The van der Waals surface area contributed by atoms with E-state index in [9.17, 15) is 5.26 Å². The maximum Gasteiger partial charge on any atom is 0.137 e. The van der Waals surface area contributed by atoms with Gasteiger partial charge in [-0.1, -0.05) is 11.6 Å². The molecule has 0 unspecified atom stereocenters. The Kier molecular flexibility index (Phi) is 5.99. The van der Waals surface area contributed by atoms with E-state index in [0.29, 0.717) is 41.8 Å². The number of rotatable bonds is 5. The van der Waals surface area contributed by atoms with Gasteiger partial charge in [-0.25, -0.2) is 9.97 Å². The third kappa shape index (κ3) is 4.89. The van der Waals surface area contributed by atoms with E-state index in [2.05, 4.69) is 21.0 Å². The van der Waals surface area contributed by atoms with Crippen molar-refractivity contribution >= 4 is 11.6 Å². The number of hydrogen-bond donors (Lipinski definition) is 0. The van der Waals surface area contributed by atoms with Gasteiger partial charge in [0.15, 0.2) is 0 Å². The molecular weight excluding hydrogens is 388 g/mol. The van der Waals surface area contributed by atoms with Crippen molar-refractivity contribution in [3.8, 4) is 23.1 Å². The van der Waals surface area contributed by atoms with Crippen LogP contribution in [0, 0.1) is 11.3 Å². The molecule has 3 aromatic rings. The van der Waals surface area contributed by atoms with Gasteiger partial charge >= 0.3 is 0 Å². The summed E-state index contributed by atoms with van der Waals surface area (Å²) in [7, 11) is 0. The second kappa shape index (κ2) is 8.99. The van der Waals surface area contributed by atoms with Crippen LogP contribution in [-0.4, -0.2) is 34.3 Å². The van der Waals surface area contributed by atoms with Crippen LogP contribution >= 0.6 is 11.6 Å². The number of halogens is 1. The minimum Gasteiger partial charge on any atom is -0.489 e. The average molecular weight is 407 g/mol. The second-order valence-corrected chi connectivity index (χ2v) is 7.24. The zero-order valence-corrected chi connectivity index (χ0v) is 16.5. The molecule has 29 heavy (non-hydrogen) atoms. The van der Waals surface area contributed by atoms with E-state index in [0.717, 1.165) is 29.7 Å². The van der Waals surface area contributed by atoms with Gasteiger partial charge in [-0.2, -0.15) is 5.26 Å². The molecule has 4 rings (SSSR count). The van der Waals surface area contributed by atoms with Gasteiger partial charge in [-0.15, -0.1) is 0 Å². The van der Waals surface area contributed by atoms with Gasteiger partial charge in [0.2, 0.25) is 0 Å². The van der Waals surface area contributed by atoms with Crippen molar-refractivity contribution in [2.24, 2.45) is 0 Å². The van der Waals surface area contributed by atoms with E-state index >= 15 is 0 Å². The van der Waals surface area contributed by atoms with Crippen molar-refractivity contribution in [2.75, 3.05) is 13.2 Å². The molecule has 1 saturated heterocycles. The van der Waals surface area contributed by atoms with Gasteiger partial charge in [0.25, 0.3) is 0 Å². The number of nitriles is 1. The zero-order valence-electron chi connectivity index (χ0n) is 15.7. The summed E-state index contributed by atoms with van der Waals surface area (Å²) in [6, 6.07) is 11.5. The maximum atomic E-state index is 9.59. The largest absolute Gasteiger partial charge is 0.489 e. The quantitative estimate of drug-likeness (QED) is 0.631. The van der Waals surface area contributed by atoms with E-state index in [-0.39, 0.29) is 6.10 Å². The molecule has 0 saturated carbocycles. The Bertz CT molecular complexity index is 1040. The van der Waals surface area contributed by atoms with Crippen LogP contribution in [0.1, 0.15) is 29.8 Å². The average Bonchev–Trinajstić information content (AvgIpc) is 2.75. The normalized spacial score (nSPS) is 14.3. The Morgan fingerprint density at radius 1 is 1.17 bits per heavy atom. The highest BCUT2D eigenvalue weighted by Crippen LogP contribution is 2.27. The fourth-order valence-corrected chi connectivity index (χ4v) is 3.43. The van der Waals surface area contributed by atoms with Gasteiger partial charge < -0.3 is 9.47 Å². The monoisotopic (exact) mass is 406 g/mol. The minimum atomic E-state index is 0.0821. The first-order chi connectivity index (χ1) is 14.2. The predicted molar refractivity (Wildman–Crippen MR) is 109 cm³/mol. The standard InChI is InChI=1S/C22H19ClN4O2/c23-18-9-15(13-25-14-18)10-22-26-6-3-20(27-22)16-1-2-21(17(11-16)12-24)29-19-4-7-28-8-5-19/h1-3,6,9,11,13-14,19H,4-5,7-8,10H2. The van der Waals surface area contributed by atoms with Crippen LogP contribution in [0.5, 0.6) is 5.75 Å². The molecule has 0 spiro atoms. The van der Waals surface area contributed by atoms with Crippen molar-refractivity contribution < 1.29 is 9.47 Å². The summed E-state index contributed by atoms with van der Waals surface area (Å²) in [6.07, 6.45) is 7.33. The molecule has 1 aromatic carbocycles. The SMILES string of the molecule is N#Cc1cc(-c2ccnc(Cc3cncc(Cl)c3)n2)ccc1OC1CCOCC1. The lowest BCUT2D eigenvalue weighted by Crippen LogP contribution is -2.26. The number of benzene rings is 1. The van der Waals surface area contributed by atoms with Crippen molar-refractivity contribution in [3.05, 3.63) is 70.9 Å². The lowest BCUT2D eigenvalue weighted by molar-refractivity contribution is 0.0254. The number of aromatic nitrogens is 3. The van der Waals surface area contributed by atoms with Crippen LogP contribution in [-0.2, 0) is 11.2 Å².